The molecule has 4 heterocycles. The van der Waals surface area contributed by atoms with Gasteiger partial charge in [0.05, 0.1) is 25.5 Å². The number of urea groups is 1. The van der Waals surface area contributed by atoms with Gasteiger partial charge in [0.25, 0.3) is 5.91 Å². The molecule has 8 nitrogen and oxygen atoms in total. The van der Waals surface area contributed by atoms with E-state index in [9.17, 15) is 9.59 Å². The van der Waals surface area contributed by atoms with Crippen LogP contribution in [0.2, 0.25) is 0 Å². The standard InChI is InChI=1S/C28H34N4O4/c1-35-24-11-3-2-8-21(24)9-6-16-31-17-13-22(14-18-31)28(25-12-4-5-15-29-25)26(33)32(27(34)30-28)20-23-10-7-19-36-23/h2-6,8-9,11-12,15,22-23H,7,10,13-14,16-20H2,1H3,(H,30,34)/b9-6+/t23-,28+/m1/s1. The van der Waals surface area contributed by atoms with Crippen molar-refractivity contribution in [2.45, 2.75) is 37.3 Å². The van der Waals surface area contributed by atoms with Crippen LogP contribution >= 0.6 is 0 Å². The minimum absolute atomic E-state index is 0.0345. The molecule has 36 heavy (non-hydrogen) atoms. The van der Waals surface area contributed by atoms with Crippen molar-refractivity contribution < 1.29 is 19.1 Å². The van der Waals surface area contributed by atoms with Gasteiger partial charge in [-0.05, 0) is 62.9 Å². The molecule has 0 aliphatic carbocycles. The van der Waals surface area contributed by atoms with E-state index in [1.165, 1.54) is 4.90 Å². The molecule has 5 rings (SSSR count). The van der Waals surface area contributed by atoms with E-state index in [0.29, 0.717) is 18.8 Å². The number of pyridine rings is 1. The fraction of sp³-hybridized carbons (Fsp3) is 0.464. The average Bonchev–Trinajstić information content (AvgIpc) is 3.53. The van der Waals surface area contributed by atoms with Gasteiger partial charge >= 0.3 is 6.03 Å². The number of likely N-dealkylation sites (tertiary alicyclic amines) is 1. The first-order valence-electron chi connectivity index (χ1n) is 12.8. The van der Waals surface area contributed by atoms with E-state index >= 15 is 0 Å². The second-order valence-corrected chi connectivity index (χ2v) is 9.72. The fourth-order valence-electron chi connectivity index (χ4n) is 5.69. The molecule has 1 N–H and O–H groups in total. The van der Waals surface area contributed by atoms with Gasteiger partial charge in [0.2, 0.25) is 0 Å². The van der Waals surface area contributed by atoms with Crippen molar-refractivity contribution in [3.05, 3.63) is 66.0 Å². The number of hydrogen-bond donors (Lipinski definition) is 1. The zero-order valence-electron chi connectivity index (χ0n) is 20.8. The Labute approximate surface area is 212 Å². The van der Waals surface area contributed by atoms with Crippen LogP contribution < -0.4 is 10.1 Å². The molecule has 2 aromatic rings. The summed E-state index contributed by atoms with van der Waals surface area (Å²) >= 11 is 0. The lowest BCUT2D eigenvalue weighted by molar-refractivity contribution is -0.135. The Morgan fingerprint density at radius 1 is 1.14 bits per heavy atom. The first-order valence-corrected chi connectivity index (χ1v) is 12.8. The molecule has 1 aromatic heterocycles. The predicted octanol–water partition coefficient (Wildman–Crippen LogP) is 3.44. The number of carbonyl (C=O) groups is 2. The van der Waals surface area contributed by atoms with E-state index in [1.807, 2.05) is 42.5 Å². The monoisotopic (exact) mass is 490 g/mol. The number of rotatable bonds is 8. The van der Waals surface area contributed by atoms with Gasteiger partial charge in [-0.3, -0.25) is 19.6 Å². The van der Waals surface area contributed by atoms with Gasteiger partial charge in [0.15, 0.2) is 5.54 Å². The first-order chi connectivity index (χ1) is 17.6. The first kappa shape index (κ1) is 24.5. The summed E-state index contributed by atoms with van der Waals surface area (Å²) in [6.45, 7) is 3.47. The van der Waals surface area contributed by atoms with E-state index in [2.05, 4.69) is 27.4 Å². The van der Waals surface area contributed by atoms with E-state index < -0.39 is 5.54 Å². The highest BCUT2D eigenvalue weighted by Gasteiger charge is 2.58. The number of imide groups is 1. The number of carbonyl (C=O) groups excluding carboxylic acids is 2. The lowest BCUT2D eigenvalue weighted by Gasteiger charge is -2.40. The quantitative estimate of drug-likeness (QED) is 0.571. The Morgan fingerprint density at radius 3 is 2.67 bits per heavy atom. The Kier molecular flexibility index (Phi) is 7.34. The van der Waals surface area contributed by atoms with Crippen LogP contribution in [0.15, 0.2) is 54.7 Å². The second-order valence-electron chi connectivity index (χ2n) is 9.72. The molecule has 3 amide bonds. The van der Waals surface area contributed by atoms with Crippen molar-refractivity contribution in [2.75, 3.05) is 39.9 Å². The number of amides is 3. The number of aromatic nitrogens is 1. The zero-order valence-corrected chi connectivity index (χ0v) is 20.8. The summed E-state index contributed by atoms with van der Waals surface area (Å²) in [5.41, 5.74) is 0.540. The Balaban J connectivity index is 1.29. The Bertz CT molecular complexity index is 1090. The minimum Gasteiger partial charge on any atom is -0.496 e. The number of ether oxygens (including phenoxy) is 2. The fourth-order valence-corrected chi connectivity index (χ4v) is 5.69. The van der Waals surface area contributed by atoms with Gasteiger partial charge in [-0.25, -0.2) is 4.79 Å². The number of piperidine rings is 1. The molecule has 2 atom stereocenters. The number of hydrogen-bond acceptors (Lipinski definition) is 6. The maximum Gasteiger partial charge on any atom is 0.325 e. The summed E-state index contributed by atoms with van der Waals surface area (Å²) < 4.78 is 11.2. The number of nitrogens with zero attached hydrogens (tertiary/aromatic N) is 3. The average molecular weight is 491 g/mol. The van der Waals surface area contributed by atoms with Crippen molar-refractivity contribution in [1.82, 2.24) is 20.1 Å². The number of para-hydroxylation sites is 1. The van der Waals surface area contributed by atoms with Crippen LogP contribution in [0.3, 0.4) is 0 Å². The molecular weight excluding hydrogens is 456 g/mol. The molecule has 0 saturated carbocycles. The summed E-state index contributed by atoms with van der Waals surface area (Å²) in [6, 6.07) is 13.2. The van der Waals surface area contributed by atoms with Crippen LogP contribution in [0.5, 0.6) is 5.75 Å². The third kappa shape index (κ3) is 4.75. The Hall–Kier alpha value is -3.23. The molecule has 8 heteroatoms. The van der Waals surface area contributed by atoms with Crippen LogP contribution in [-0.2, 0) is 15.1 Å². The van der Waals surface area contributed by atoms with Crippen LogP contribution in [0.1, 0.15) is 36.9 Å². The lowest BCUT2D eigenvalue weighted by atomic mass is 9.75. The normalized spacial score (nSPS) is 25.6. The maximum absolute atomic E-state index is 13.9. The highest BCUT2D eigenvalue weighted by Crippen LogP contribution is 2.41. The topological polar surface area (TPSA) is 84.0 Å². The molecule has 3 fully saturated rings. The van der Waals surface area contributed by atoms with Crippen LogP contribution in [0.25, 0.3) is 6.08 Å². The smallest absolute Gasteiger partial charge is 0.325 e. The molecule has 3 aliphatic heterocycles. The number of nitrogens with one attached hydrogen (secondary N) is 1. The SMILES string of the molecule is COc1ccccc1/C=C/CN1CCC([C@@]2(c3ccccn3)NC(=O)N(C[C@H]3CCCO3)C2=O)CC1. The third-order valence-electron chi connectivity index (χ3n) is 7.61. The molecule has 0 bridgehead atoms. The van der Waals surface area contributed by atoms with Gasteiger partial charge in [-0.2, -0.15) is 0 Å². The molecule has 0 radical (unpaired) electrons. The number of benzene rings is 1. The van der Waals surface area contributed by atoms with E-state index in [1.54, 1.807) is 13.3 Å². The lowest BCUT2D eigenvalue weighted by Crippen LogP contribution is -2.54. The van der Waals surface area contributed by atoms with Crippen LogP contribution in [0, 0.1) is 5.92 Å². The highest BCUT2D eigenvalue weighted by atomic mass is 16.5. The van der Waals surface area contributed by atoms with E-state index in [-0.39, 0.29) is 24.0 Å². The van der Waals surface area contributed by atoms with Crippen LogP contribution in [0.4, 0.5) is 4.79 Å². The summed E-state index contributed by atoms with van der Waals surface area (Å²) in [6.07, 6.45) is 9.26. The Morgan fingerprint density at radius 2 is 1.94 bits per heavy atom. The molecule has 3 saturated heterocycles. The van der Waals surface area contributed by atoms with E-state index in [0.717, 1.165) is 56.6 Å². The summed E-state index contributed by atoms with van der Waals surface area (Å²) in [4.78, 5) is 35.3. The predicted molar refractivity (Wildman–Crippen MR) is 136 cm³/mol. The van der Waals surface area contributed by atoms with Crippen molar-refractivity contribution in [3.63, 3.8) is 0 Å². The molecule has 0 spiro atoms. The third-order valence-corrected chi connectivity index (χ3v) is 7.61. The van der Waals surface area contributed by atoms with Gasteiger partial charge in [0, 0.05) is 24.9 Å². The highest BCUT2D eigenvalue weighted by molar-refractivity contribution is 6.07. The molecular formula is C28H34N4O4. The van der Waals surface area contributed by atoms with Crippen molar-refractivity contribution in [1.29, 1.82) is 0 Å². The maximum atomic E-state index is 13.9. The molecule has 0 unspecified atom stereocenters. The van der Waals surface area contributed by atoms with Gasteiger partial charge in [-0.15, -0.1) is 0 Å². The minimum atomic E-state index is -1.13. The van der Waals surface area contributed by atoms with Crippen molar-refractivity contribution >= 4 is 18.0 Å². The largest absolute Gasteiger partial charge is 0.496 e. The van der Waals surface area contributed by atoms with Crippen molar-refractivity contribution in [3.8, 4) is 5.75 Å². The number of methoxy groups -OCH3 is 1. The molecule has 3 aliphatic rings. The van der Waals surface area contributed by atoms with Gasteiger partial charge in [-0.1, -0.05) is 36.4 Å². The van der Waals surface area contributed by atoms with Crippen LogP contribution in [-0.4, -0.2) is 72.7 Å². The summed E-state index contributed by atoms with van der Waals surface area (Å²) in [5.74, 6) is 0.622. The second kappa shape index (κ2) is 10.8. The summed E-state index contributed by atoms with van der Waals surface area (Å²) in [5, 5.41) is 3.09. The molecule has 1 aromatic carbocycles. The van der Waals surface area contributed by atoms with Gasteiger partial charge < -0.3 is 14.8 Å². The zero-order chi connectivity index (χ0) is 25.0. The summed E-state index contributed by atoms with van der Waals surface area (Å²) in [7, 11) is 1.68. The van der Waals surface area contributed by atoms with Gasteiger partial charge in [0.1, 0.15) is 5.75 Å². The van der Waals surface area contributed by atoms with Crippen molar-refractivity contribution in [2.24, 2.45) is 5.92 Å². The molecule has 190 valence electrons. The van der Waals surface area contributed by atoms with E-state index in [4.69, 9.17) is 9.47 Å².